The molecule has 0 aromatic heterocycles. The van der Waals surface area contributed by atoms with Gasteiger partial charge >= 0.3 is 0 Å². The van der Waals surface area contributed by atoms with Crippen LogP contribution in [-0.2, 0) is 16.0 Å². The number of primary amides is 1. The van der Waals surface area contributed by atoms with Crippen LogP contribution in [0.2, 0.25) is 0 Å². The number of nitrogens with two attached hydrogens (primary N) is 1. The number of carbonyl (C=O) groups is 3. The van der Waals surface area contributed by atoms with Gasteiger partial charge in [0.25, 0.3) is 0 Å². The van der Waals surface area contributed by atoms with Gasteiger partial charge in [0, 0.05) is 23.7 Å². The third-order valence-corrected chi connectivity index (χ3v) is 5.47. The van der Waals surface area contributed by atoms with Crippen LogP contribution in [0.4, 0.5) is 0 Å². The lowest BCUT2D eigenvalue weighted by atomic mass is 10.1. The molecule has 0 aliphatic heterocycles. The number of hydrogen-bond donors (Lipinski definition) is 2. The summed E-state index contributed by atoms with van der Waals surface area (Å²) in [5.41, 5.74) is 8.78. The molecule has 0 spiro atoms. The number of carbonyl (C=O) groups excluding carboxylic acids is 3. The Morgan fingerprint density at radius 2 is 1.25 bits per heavy atom. The predicted molar refractivity (Wildman–Crippen MR) is 152 cm³/mol. The third-order valence-electron chi connectivity index (χ3n) is 5.47. The highest BCUT2D eigenvalue weighted by Gasteiger charge is 2.15. The van der Waals surface area contributed by atoms with E-state index in [9.17, 15) is 14.4 Å². The molecule has 0 aliphatic rings. The number of nitrogens with one attached hydrogen (secondary N) is 1. The molecular weight excluding hydrogens is 448 g/mol. The highest BCUT2D eigenvalue weighted by Crippen LogP contribution is 2.06. The van der Waals surface area contributed by atoms with Crippen molar-refractivity contribution < 1.29 is 14.4 Å². The molecule has 2 aromatic carbocycles. The Morgan fingerprint density at radius 3 is 1.50 bits per heavy atom. The molecule has 5 heteroatoms. The topological polar surface area (TPSA) is 89.3 Å². The molecule has 36 heavy (non-hydrogen) atoms. The molecule has 2 amide bonds. The summed E-state index contributed by atoms with van der Waals surface area (Å²) >= 11 is 0. The van der Waals surface area contributed by atoms with Crippen molar-refractivity contribution in [3.63, 3.8) is 0 Å². The maximum absolute atomic E-state index is 11.2. The van der Waals surface area contributed by atoms with Gasteiger partial charge < -0.3 is 11.1 Å². The van der Waals surface area contributed by atoms with Crippen LogP contribution in [0.1, 0.15) is 95.3 Å². The molecule has 0 saturated carbocycles. The zero-order chi connectivity index (χ0) is 28.1. The highest BCUT2D eigenvalue weighted by molar-refractivity contribution is 5.98. The van der Waals surface area contributed by atoms with E-state index in [1.165, 1.54) is 32.4 Å². The molecule has 0 bridgehead atoms. The molecular formula is C31H46N2O3. The number of benzene rings is 2. The first-order valence-electron chi connectivity index (χ1n) is 12.8. The molecule has 0 saturated heterocycles. The smallest absolute Gasteiger partial charge is 0.232 e. The lowest BCUT2D eigenvalue weighted by Crippen LogP contribution is -2.34. The number of hydrogen-bond acceptors (Lipinski definition) is 3. The molecule has 0 radical (unpaired) electrons. The quantitative estimate of drug-likeness (QED) is 0.286. The zero-order valence-corrected chi connectivity index (χ0v) is 23.7. The van der Waals surface area contributed by atoms with Crippen molar-refractivity contribution in [2.45, 2.75) is 74.7 Å². The Bertz CT molecular complexity index is 948. The van der Waals surface area contributed by atoms with E-state index in [1.807, 2.05) is 50.2 Å². The van der Waals surface area contributed by atoms with Crippen LogP contribution < -0.4 is 11.1 Å². The third kappa shape index (κ3) is 15.5. The fourth-order valence-corrected chi connectivity index (χ4v) is 2.39. The largest absolute Gasteiger partial charge is 0.369 e. The normalized spacial score (nSPS) is 9.94. The number of ketones is 1. The van der Waals surface area contributed by atoms with E-state index >= 15 is 0 Å². The Kier molecular flexibility index (Phi) is 20.2. The standard InChI is InChI=1S/C18H16O.C6H14.C5H10N2O2.C2H6/c1-3-15-4-6-16(7-5-15)8-9-17-10-12-18(13-11-17)14(2)19;1-4-6(3)5-2;1-3(4(6)8)5(9)7-2;1-2/h4-7,10-13H,3H2,1-2H3;6H,4-5H2,1-3H3;3H,1-2H3,(H2,6,8)(H,7,9);1-2H3. The molecule has 0 heterocycles. The van der Waals surface area contributed by atoms with E-state index in [2.05, 4.69) is 57.0 Å². The lowest BCUT2D eigenvalue weighted by molar-refractivity contribution is -0.132. The van der Waals surface area contributed by atoms with Crippen LogP contribution in [0.15, 0.2) is 48.5 Å². The number of Topliss-reactive ketones (excluding diaryl/α,β-unsaturated/α-hetero) is 1. The van der Waals surface area contributed by atoms with Crippen molar-refractivity contribution in [1.82, 2.24) is 5.32 Å². The van der Waals surface area contributed by atoms with Gasteiger partial charge in [-0.25, -0.2) is 0 Å². The summed E-state index contributed by atoms with van der Waals surface area (Å²) in [5, 5.41) is 2.31. The minimum atomic E-state index is -0.727. The van der Waals surface area contributed by atoms with Crippen molar-refractivity contribution in [2.75, 3.05) is 7.05 Å². The van der Waals surface area contributed by atoms with Crippen LogP contribution in [-0.4, -0.2) is 24.6 Å². The van der Waals surface area contributed by atoms with E-state index in [0.717, 1.165) is 29.0 Å². The average molecular weight is 495 g/mol. The Labute approximate surface area is 219 Å². The second-order valence-corrected chi connectivity index (χ2v) is 8.09. The van der Waals surface area contributed by atoms with Gasteiger partial charge in [-0.15, -0.1) is 0 Å². The number of rotatable bonds is 6. The molecule has 1 atom stereocenters. The van der Waals surface area contributed by atoms with Crippen molar-refractivity contribution in [3.8, 4) is 11.8 Å². The SMILES string of the molecule is CC.CCC(C)CC.CCc1ccc(C#Cc2ccc(C(C)=O)cc2)cc1.CNC(=O)C(C)C(N)=O. The van der Waals surface area contributed by atoms with Gasteiger partial charge in [-0.05, 0) is 56.0 Å². The van der Waals surface area contributed by atoms with E-state index in [-0.39, 0.29) is 11.7 Å². The summed E-state index contributed by atoms with van der Waals surface area (Å²) in [6.07, 6.45) is 3.70. The Morgan fingerprint density at radius 1 is 0.833 bits per heavy atom. The van der Waals surface area contributed by atoms with Gasteiger partial charge in [-0.3, -0.25) is 14.4 Å². The van der Waals surface area contributed by atoms with Gasteiger partial charge in [-0.1, -0.05) is 90.5 Å². The van der Waals surface area contributed by atoms with Crippen molar-refractivity contribution >= 4 is 17.6 Å². The second-order valence-electron chi connectivity index (χ2n) is 8.09. The van der Waals surface area contributed by atoms with E-state index in [1.54, 1.807) is 6.92 Å². The summed E-state index contributed by atoms with van der Waals surface area (Å²) in [5.74, 6) is 5.57. The minimum absolute atomic E-state index is 0.0784. The number of amides is 2. The molecule has 2 rings (SSSR count). The minimum Gasteiger partial charge on any atom is -0.369 e. The summed E-state index contributed by atoms with van der Waals surface area (Å²) in [6.45, 7) is 15.9. The van der Waals surface area contributed by atoms with Gasteiger partial charge in [0.1, 0.15) is 5.92 Å². The van der Waals surface area contributed by atoms with Gasteiger partial charge in [0.15, 0.2) is 5.78 Å². The monoisotopic (exact) mass is 494 g/mol. The van der Waals surface area contributed by atoms with Crippen LogP contribution in [0.25, 0.3) is 0 Å². The average Bonchev–Trinajstić information content (AvgIpc) is 2.92. The summed E-state index contributed by atoms with van der Waals surface area (Å²) in [4.78, 5) is 32.0. The molecule has 0 fully saturated rings. The maximum Gasteiger partial charge on any atom is 0.232 e. The van der Waals surface area contributed by atoms with Crippen LogP contribution >= 0.6 is 0 Å². The fourth-order valence-electron chi connectivity index (χ4n) is 2.39. The Balaban J connectivity index is 0. The van der Waals surface area contributed by atoms with E-state index in [4.69, 9.17) is 5.73 Å². The first kappa shape index (κ1) is 34.8. The lowest BCUT2D eigenvalue weighted by Gasteiger charge is -2.02. The van der Waals surface area contributed by atoms with Crippen molar-refractivity contribution in [2.24, 2.45) is 17.6 Å². The zero-order valence-electron chi connectivity index (χ0n) is 23.7. The Hall–Kier alpha value is -3.39. The summed E-state index contributed by atoms with van der Waals surface area (Å²) in [7, 11) is 1.46. The molecule has 5 nitrogen and oxygen atoms in total. The highest BCUT2D eigenvalue weighted by atomic mass is 16.2. The van der Waals surface area contributed by atoms with E-state index in [0.29, 0.717) is 0 Å². The number of aryl methyl sites for hydroxylation is 1. The first-order chi connectivity index (χ1) is 17.1. The van der Waals surface area contributed by atoms with Crippen LogP contribution in [0.5, 0.6) is 0 Å². The summed E-state index contributed by atoms with van der Waals surface area (Å²) < 4.78 is 0. The van der Waals surface area contributed by atoms with E-state index < -0.39 is 11.8 Å². The summed E-state index contributed by atoms with van der Waals surface area (Å²) in [6, 6.07) is 15.7. The molecule has 2 aromatic rings. The molecule has 3 N–H and O–H groups in total. The molecule has 1 unspecified atom stereocenters. The van der Waals surface area contributed by atoms with Gasteiger partial charge in [0.05, 0.1) is 0 Å². The van der Waals surface area contributed by atoms with Crippen LogP contribution in [0, 0.1) is 23.7 Å². The van der Waals surface area contributed by atoms with Crippen molar-refractivity contribution in [3.05, 3.63) is 70.8 Å². The maximum atomic E-state index is 11.2. The fraction of sp³-hybridized carbons (Fsp3) is 0.452. The van der Waals surface area contributed by atoms with Crippen molar-refractivity contribution in [1.29, 1.82) is 0 Å². The van der Waals surface area contributed by atoms with Crippen LogP contribution in [0.3, 0.4) is 0 Å². The first-order valence-corrected chi connectivity index (χ1v) is 12.8. The van der Waals surface area contributed by atoms with Gasteiger partial charge in [-0.2, -0.15) is 0 Å². The predicted octanol–water partition coefficient (Wildman–Crippen LogP) is 6.17. The second kappa shape index (κ2) is 20.9. The van der Waals surface area contributed by atoms with Gasteiger partial charge in [0.2, 0.25) is 11.8 Å². The molecule has 0 aliphatic carbocycles. The molecule has 198 valence electrons.